The van der Waals surface area contributed by atoms with Crippen LogP contribution >= 0.6 is 0 Å². The van der Waals surface area contributed by atoms with Crippen molar-refractivity contribution in [3.8, 4) is 0 Å². The Morgan fingerprint density at radius 3 is 1.09 bits per heavy atom. The number of hydrogen-bond acceptors (Lipinski definition) is 0. The first-order valence-corrected chi connectivity index (χ1v) is 4.73. The summed E-state index contributed by atoms with van der Waals surface area (Å²) in [7, 11) is 0. The monoisotopic (exact) mass is 154 g/mol. The minimum absolute atomic E-state index is 0.540. The van der Waals surface area contributed by atoms with Crippen LogP contribution in [0.4, 0.5) is 0 Å². The Labute approximate surface area is 71.4 Å². The molecule has 2 unspecified atom stereocenters. The van der Waals surface area contributed by atoms with Gasteiger partial charge >= 0.3 is 0 Å². The van der Waals surface area contributed by atoms with Gasteiger partial charge in [-0.25, -0.2) is 0 Å². The van der Waals surface area contributed by atoms with Gasteiger partial charge in [-0.1, -0.05) is 41.5 Å². The Hall–Kier alpha value is 0. The summed E-state index contributed by atoms with van der Waals surface area (Å²) in [6, 6.07) is 0. The van der Waals surface area contributed by atoms with Crippen LogP contribution in [0, 0.1) is 22.7 Å². The Morgan fingerprint density at radius 1 is 0.727 bits per heavy atom. The molecular weight excluding hydrogens is 132 g/mol. The molecular formula is C11H22. The lowest BCUT2D eigenvalue weighted by atomic mass is 9.81. The Balaban J connectivity index is 2.51. The Bertz CT molecular complexity index is 124. The molecule has 1 aliphatic rings. The van der Waals surface area contributed by atoms with Crippen LogP contribution in [0.1, 0.15) is 48.0 Å². The molecule has 66 valence electrons. The summed E-state index contributed by atoms with van der Waals surface area (Å²) in [5.41, 5.74) is 1.08. The van der Waals surface area contributed by atoms with E-state index >= 15 is 0 Å². The minimum atomic E-state index is 0.540. The molecule has 1 rings (SSSR count). The highest BCUT2D eigenvalue weighted by Gasteiger charge is 2.50. The lowest BCUT2D eigenvalue weighted by molar-refractivity contribution is 0.254. The first kappa shape index (κ1) is 9.09. The molecule has 1 aliphatic carbocycles. The molecule has 0 nitrogen and oxygen atoms in total. The van der Waals surface area contributed by atoms with Gasteiger partial charge in [-0.15, -0.1) is 0 Å². The molecule has 0 bridgehead atoms. The third-order valence-corrected chi connectivity index (χ3v) is 3.02. The zero-order chi connectivity index (χ0) is 8.86. The highest BCUT2D eigenvalue weighted by atomic mass is 14.5. The highest BCUT2D eigenvalue weighted by molar-refractivity contribution is 4.99. The fraction of sp³-hybridized carbons (Fsp3) is 1.00. The maximum absolute atomic E-state index is 2.36. The lowest BCUT2D eigenvalue weighted by Gasteiger charge is -2.24. The SMILES string of the molecule is CC(C)(C)C1CC1C(C)(C)C. The standard InChI is InChI=1S/C11H22/c1-10(2,3)8-7-9(8)11(4,5)6/h8-9H,7H2,1-6H3. The van der Waals surface area contributed by atoms with E-state index in [9.17, 15) is 0 Å². The van der Waals surface area contributed by atoms with Crippen molar-refractivity contribution in [2.45, 2.75) is 48.0 Å². The van der Waals surface area contributed by atoms with Crippen molar-refractivity contribution in [2.75, 3.05) is 0 Å². The molecule has 0 spiro atoms. The molecule has 0 heterocycles. The van der Waals surface area contributed by atoms with E-state index in [-0.39, 0.29) is 0 Å². The van der Waals surface area contributed by atoms with Crippen LogP contribution in [0.2, 0.25) is 0 Å². The van der Waals surface area contributed by atoms with Crippen LogP contribution in [-0.4, -0.2) is 0 Å². The van der Waals surface area contributed by atoms with Crippen molar-refractivity contribution in [3.63, 3.8) is 0 Å². The second kappa shape index (κ2) is 2.24. The molecule has 2 atom stereocenters. The predicted molar refractivity (Wildman–Crippen MR) is 50.5 cm³/mol. The number of hydrogen-bond donors (Lipinski definition) is 0. The van der Waals surface area contributed by atoms with Gasteiger partial charge in [-0.3, -0.25) is 0 Å². The zero-order valence-corrected chi connectivity index (χ0v) is 8.86. The summed E-state index contributed by atoms with van der Waals surface area (Å²) in [5.74, 6) is 1.95. The molecule has 0 aromatic carbocycles. The molecule has 0 N–H and O–H groups in total. The topological polar surface area (TPSA) is 0 Å². The molecule has 1 fully saturated rings. The molecule has 11 heavy (non-hydrogen) atoms. The summed E-state index contributed by atoms with van der Waals surface area (Å²) < 4.78 is 0. The maximum atomic E-state index is 2.36. The maximum Gasteiger partial charge on any atom is -0.0329 e. The van der Waals surface area contributed by atoms with Gasteiger partial charge in [0.2, 0.25) is 0 Å². The molecule has 0 aromatic heterocycles. The zero-order valence-electron chi connectivity index (χ0n) is 8.86. The van der Waals surface area contributed by atoms with Gasteiger partial charge in [0.15, 0.2) is 0 Å². The van der Waals surface area contributed by atoms with E-state index in [1.165, 1.54) is 6.42 Å². The van der Waals surface area contributed by atoms with Crippen molar-refractivity contribution in [2.24, 2.45) is 22.7 Å². The smallest absolute Gasteiger partial charge is 0.0329 e. The summed E-state index contributed by atoms with van der Waals surface area (Å²) >= 11 is 0. The van der Waals surface area contributed by atoms with Gasteiger partial charge < -0.3 is 0 Å². The molecule has 0 heteroatoms. The summed E-state index contributed by atoms with van der Waals surface area (Å²) in [6.45, 7) is 14.2. The Morgan fingerprint density at radius 2 is 1.00 bits per heavy atom. The van der Waals surface area contributed by atoms with E-state index in [4.69, 9.17) is 0 Å². The quantitative estimate of drug-likeness (QED) is 0.499. The van der Waals surface area contributed by atoms with Gasteiger partial charge in [0.1, 0.15) is 0 Å². The molecule has 0 radical (unpaired) electrons. The third-order valence-electron chi connectivity index (χ3n) is 3.02. The average Bonchev–Trinajstić information content (AvgIpc) is 2.30. The van der Waals surface area contributed by atoms with Crippen LogP contribution in [0.25, 0.3) is 0 Å². The van der Waals surface area contributed by atoms with Crippen LogP contribution in [0.5, 0.6) is 0 Å². The van der Waals surface area contributed by atoms with E-state index in [2.05, 4.69) is 41.5 Å². The van der Waals surface area contributed by atoms with Gasteiger partial charge in [0.05, 0.1) is 0 Å². The normalized spacial score (nSPS) is 32.2. The lowest BCUT2D eigenvalue weighted by Crippen LogP contribution is -2.16. The predicted octanol–water partition coefficient (Wildman–Crippen LogP) is 3.71. The third kappa shape index (κ3) is 1.98. The highest BCUT2D eigenvalue weighted by Crippen LogP contribution is 2.58. The van der Waals surface area contributed by atoms with Crippen molar-refractivity contribution in [1.29, 1.82) is 0 Å². The summed E-state index contributed by atoms with van der Waals surface area (Å²) in [6.07, 6.45) is 1.45. The van der Waals surface area contributed by atoms with Gasteiger partial charge in [0, 0.05) is 0 Å². The molecule has 1 saturated carbocycles. The fourth-order valence-corrected chi connectivity index (χ4v) is 2.11. The molecule has 0 saturated heterocycles. The minimum Gasteiger partial charge on any atom is -0.0599 e. The largest absolute Gasteiger partial charge is 0.0599 e. The molecule has 0 amide bonds. The summed E-state index contributed by atoms with van der Waals surface area (Å²) in [4.78, 5) is 0. The van der Waals surface area contributed by atoms with E-state index in [1.807, 2.05) is 0 Å². The number of rotatable bonds is 0. The first-order chi connectivity index (χ1) is 4.73. The van der Waals surface area contributed by atoms with Crippen LogP contribution in [0.15, 0.2) is 0 Å². The van der Waals surface area contributed by atoms with Gasteiger partial charge in [-0.05, 0) is 29.1 Å². The second-order valence-corrected chi connectivity index (χ2v) is 6.18. The Kier molecular flexibility index (Phi) is 1.85. The van der Waals surface area contributed by atoms with E-state index in [0.717, 1.165) is 11.8 Å². The summed E-state index contributed by atoms with van der Waals surface area (Å²) in [5, 5.41) is 0. The van der Waals surface area contributed by atoms with Crippen LogP contribution in [-0.2, 0) is 0 Å². The average molecular weight is 154 g/mol. The van der Waals surface area contributed by atoms with Crippen molar-refractivity contribution in [1.82, 2.24) is 0 Å². The van der Waals surface area contributed by atoms with Crippen molar-refractivity contribution < 1.29 is 0 Å². The first-order valence-electron chi connectivity index (χ1n) is 4.73. The second-order valence-electron chi connectivity index (χ2n) is 6.18. The van der Waals surface area contributed by atoms with E-state index in [1.54, 1.807) is 0 Å². The van der Waals surface area contributed by atoms with Crippen LogP contribution < -0.4 is 0 Å². The molecule has 0 aromatic rings. The van der Waals surface area contributed by atoms with Crippen molar-refractivity contribution in [3.05, 3.63) is 0 Å². The van der Waals surface area contributed by atoms with Crippen molar-refractivity contribution >= 4 is 0 Å². The van der Waals surface area contributed by atoms with Gasteiger partial charge in [-0.2, -0.15) is 0 Å². The molecule has 0 aliphatic heterocycles. The van der Waals surface area contributed by atoms with E-state index < -0.39 is 0 Å². The fourth-order valence-electron chi connectivity index (χ4n) is 2.11. The van der Waals surface area contributed by atoms with Crippen LogP contribution in [0.3, 0.4) is 0 Å². The van der Waals surface area contributed by atoms with E-state index in [0.29, 0.717) is 10.8 Å². The van der Waals surface area contributed by atoms with Gasteiger partial charge in [0.25, 0.3) is 0 Å².